The lowest BCUT2D eigenvalue weighted by molar-refractivity contribution is -0.186. The second kappa shape index (κ2) is 5.64. The van der Waals surface area contributed by atoms with Gasteiger partial charge in [-0.1, -0.05) is 22.6 Å². The SMILES string of the molecule is O=C1CC2(CCCCC(CI)O1)OCCO2. The monoisotopic (exact) mass is 340 g/mol. The first kappa shape index (κ1) is 12.6. The Labute approximate surface area is 109 Å². The molecule has 92 valence electrons. The molecule has 2 fully saturated rings. The first-order valence-corrected chi connectivity index (χ1v) is 7.30. The molecule has 0 aliphatic carbocycles. The fourth-order valence-electron chi connectivity index (χ4n) is 2.21. The molecule has 4 nitrogen and oxygen atoms in total. The topological polar surface area (TPSA) is 44.8 Å². The second-order valence-electron chi connectivity index (χ2n) is 4.30. The summed E-state index contributed by atoms with van der Waals surface area (Å²) in [6.07, 6.45) is 4.14. The van der Waals surface area contributed by atoms with E-state index in [9.17, 15) is 4.79 Å². The van der Waals surface area contributed by atoms with Crippen LogP contribution in [0.5, 0.6) is 0 Å². The molecule has 0 radical (unpaired) electrons. The highest BCUT2D eigenvalue weighted by Crippen LogP contribution is 2.31. The van der Waals surface area contributed by atoms with Gasteiger partial charge in [-0.05, 0) is 19.3 Å². The number of carbonyl (C=O) groups excluding carboxylic acids is 1. The summed E-state index contributed by atoms with van der Waals surface area (Å²) in [7, 11) is 0. The molecule has 5 heteroatoms. The van der Waals surface area contributed by atoms with Gasteiger partial charge in [0.2, 0.25) is 0 Å². The van der Waals surface area contributed by atoms with Crippen molar-refractivity contribution in [3.8, 4) is 0 Å². The van der Waals surface area contributed by atoms with Crippen molar-refractivity contribution >= 4 is 28.6 Å². The molecular formula is C11H17IO4. The van der Waals surface area contributed by atoms with Gasteiger partial charge in [-0.25, -0.2) is 0 Å². The van der Waals surface area contributed by atoms with E-state index in [2.05, 4.69) is 22.6 Å². The van der Waals surface area contributed by atoms with Gasteiger partial charge >= 0.3 is 5.97 Å². The van der Waals surface area contributed by atoms with Gasteiger partial charge in [-0.15, -0.1) is 0 Å². The van der Waals surface area contributed by atoms with Crippen molar-refractivity contribution in [3.63, 3.8) is 0 Å². The van der Waals surface area contributed by atoms with Crippen LogP contribution in [-0.2, 0) is 19.0 Å². The maximum Gasteiger partial charge on any atom is 0.311 e. The number of alkyl halides is 1. The summed E-state index contributed by atoms with van der Waals surface area (Å²) in [5, 5.41) is 0. The zero-order valence-electron chi connectivity index (χ0n) is 9.25. The normalized spacial score (nSPS) is 30.6. The minimum atomic E-state index is -0.683. The minimum Gasteiger partial charge on any atom is -0.461 e. The molecule has 0 bridgehead atoms. The molecule has 16 heavy (non-hydrogen) atoms. The molecular weight excluding hydrogens is 323 g/mol. The molecule has 0 aromatic carbocycles. The number of hydrogen-bond donors (Lipinski definition) is 0. The molecule has 2 rings (SSSR count). The predicted octanol–water partition coefficient (Wildman–Crippen LogP) is 2.04. The molecule has 1 unspecified atom stereocenters. The summed E-state index contributed by atoms with van der Waals surface area (Å²) in [5.74, 6) is -0.873. The summed E-state index contributed by atoms with van der Waals surface area (Å²) in [6, 6.07) is 0. The number of esters is 1. The van der Waals surface area contributed by atoms with Crippen LogP contribution in [0.2, 0.25) is 0 Å². The quantitative estimate of drug-likeness (QED) is 0.416. The van der Waals surface area contributed by atoms with Gasteiger partial charge in [0.15, 0.2) is 5.79 Å². The molecule has 0 N–H and O–H groups in total. The van der Waals surface area contributed by atoms with Crippen molar-refractivity contribution in [3.05, 3.63) is 0 Å². The fourth-order valence-corrected chi connectivity index (χ4v) is 2.83. The lowest BCUT2D eigenvalue weighted by atomic mass is 10.0. The summed E-state index contributed by atoms with van der Waals surface area (Å²) in [4.78, 5) is 11.7. The van der Waals surface area contributed by atoms with Crippen LogP contribution in [-0.4, -0.2) is 35.5 Å². The van der Waals surface area contributed by atoms with Crippen molar-refractivity contribution in [2.45, 2.75) is 44.0 Å². The summed E-state index contributed by atoms with van der Waals surface area (Å²) in [5.41, 5.74) is 0. The second-order valence-corrected chi connectivity index (χ2v) is 5.18. The van der Waals surface area contributed by atoms with Crippen LogP contribution in [0.4, 0.5) is 0 Å². The fraction of sp³-hybridized carbons (Fsp3) is 0.909. The van der Waals surface area contributed by atoms with Gasteiger partial charge in [0.1, 0.15) is 6.10 Å². The Balaban J connectivity index is 2.01. The average molecular weight is 340 g/mol. The Morgan fingerprint density at radius 2 is 2.06 bits per heavy atom. The van der Waals surface area contributed by atoms with Crippen LogP contribution < -0.4 is 0 Å². The molecule has 1 spiro atoms. The predicted molar refractivity (Wildman–Crippen MR) is 66.5 cm³/mol. The summed E-state index contributed by atoms with van der Waals surface area (Å²) >= 11 is 2.26. The first-order chi connectivity index (χ1) is 7.74. The Hall–Kier alpha value is 0.120. The zero-order chi connectivity index (χ0) is 11.4. The summed E-state index contributed by atoms with van der Waals surface area (Å²) < 4.78 is 17.4. The van der Waals surface area contributed by atoms with Gasteiger partial charge in [-0.2, -0.15) is 0 Å². The Kier molecular flexibility index (Phi) is 4.43. The van der Waals surface area contributed by atoms with E-state index in [4.69, 9.17) is 14.2 Å². The van der Waals surface area contributed by atoms with E-state index < -0.39 is 5.79 Å². The Bertz CT molecular complexity index is 250. The highest BCUT2D eigenvalue weighted by Gasteiger charge is 2.40. The Morgan fingerprint density at radius 3 is 2.75 bits per heavy atom. The standard InChI is InChI=1S/C11H17IO4/c12-8-9-3-1-2-4-11(7-10(13)16-9)14-5-6-15-11/h9H,1-8H2. The third-order valence-electron chi connectivity index (χ3n) is 3.03. The number of hydrogen-bond acceptors (Lipinski definition) is 4. The van der Waals surface area contributed by atoms with Gasteiger partial charge in [0, 0.05) is 10.8 Å². The van der Waals surface area contributed by atoms with Crippen molar-refractivity contribution in [2.24, 2.45) is 0 Å². The molecule has 2 saturated heterocycles. The molecule has 0 aromatic rings. The van der Waals surface area contributed by atoms with Crippen molar-refractivity contribution in [1.82, 2.24) is 0 Å². The number of cyclic esters (lactones) is 1. The van der Waals surface area contributed by atoms with Crippen LogP contribution in [0.1, 0.15) is 32.1 Å². The van der Waals surface area contributed by atoms with Crippen LogP contribution >= 0.6 is 22.6 Å². The third kappa shape index (κ3) is 3.07. The number of carbonyl (C=O) groups is 1. The lowest BCUT2D eigenvalue weighted by Crippen LogP contribution is -2.34. The van der Waals surface area contributed by atoms with Gasteiger partial charge < -0.3 is 14.2 Å². The van der Waals surface area contributed by atoms with E-state index in [-0.39, 0.29) is 18.5 Å². The largest absolute Gasteiger partial charge is 0.461 e. The summed E-state index contributed by atoms with van der Waals surface area (Å²) in [6.45, 7) is 1.17. The van der Waals surface area contributed by atoms with E-state index in [0.29, 0.717) is 13.2 Å². The van der Waals surface area contributed by atoms with Crippen molar-refractivity contribution < 1.29 is 19.0 Å². The van der Waals surface area contributed by atoms with E-state index in [1.807, 2.05) is 0 Å². The maximum absolute atomic E-state index is 11.7. The van der Waals surface area contributed by atoms with Crippen LogP contribution in [0.3, 0.4) is 0 Å². The van der Waals surface area contributed by atoms with Gasteiger partial charge in [-0.3, -0.25) is 4.79 Å². The molecule has 0 aromatic heterocycles. The molecule has 1 atom stereocenters. The highest BCUT2D eigenvalue weighted by atomic mass is 127. The first-order valence-electron chi connectivity index (χ1n) is 5.77. The van der Waals surface area contributed by atoms with E-state index >= 15 is 0 Å². The molecule has 2 aliphatic heterocycles. The van der Waals surface area contributed by atoms with Crippen LogP contribution in [0.25, 0.3) is 0 Å². The Morgan fingerprint density at radius 1 is 1.31 bits per heavy atom. The average Bonchev–Trinajstić information content (AvgIpc) is 2.72. The minimum absolute atomic E-state index is 0.0599. The molecule has 0 amide bonds. The van der Waals surface area contributed by atoms with E-state index in [1.54, 1.807) is 0 Å². The molecule has 0 saturated carbocycles. The molecule has 2 heterocycles. The number of ether oxygens (including phenoxy) is 3. The molecule has 2 aliphatic rings. The number of halogens is 1. The van der Waals surface area contributed by atoms with Gasteiger partial charge in [0.05, 0.1) is 19.6 Å². The van der Waals surface area contributed by atoms with E-state index in [0.717, 1.165) is 30.1 Å². The van der Waals surface area contributed by atoms with Crippen LogP contribution in [0, 0.1) is 0 Å². The van der Waals surface area contributed by atoms with Crippen molar-refractivity contribution in [1.29, 1.82) is 0 Å². The van der Waals surface area contributed by atoms with Crippen molar-refractivity contribution in [2.75, 3.05) is 17.6 Å². The highest BCUT2D eigenvalue weighted by molar-refractivity contribution is 14.1. The smallest absolute Gasteiger partial charge is 0.311 e. The lowest BCUT2D eigenvalue weighted by Gasteiger charge is -2.25. The van der Waals surface area contributed by atoms with Crippen LogP contribution in [0.15, 0.2) is 0 Å². The van der Waals surface area contributed by atoms with Gasteiger partial charge in [0.25, 0.3) is 0 Å². The maximum atomic E-state index is 11.7. The third-order valence-corrected chi connectivity index (χ3v) is 4.01. The van der Waals surface area contributed by atoms with E-state index in [1.165, 1.54) is 0 Å². The number of rotatable bonds is 1. The zero-order valence-corrected chi connectivity index (χ0v) is 11.4.